The molecule has 18 aromatic rings. The normalized spacial score (nSPS) is 13.7. The highest BCUT2D eigenvalue weighted by molar-refractivity contribution is 7.03. The third-order valence-corrected chi connectivity index (χ3v) is 23.9. The first-order valence-electron chi connectivity index (χ1n) is 37.2. The largest absolute Gasteiger partial charge is 0.458 e. The maximum absolute atomic E-state index is 7.71. The molecule has 15 aromatic carbocycles. The molecule has 0 aliphatic carbocycles. The summed E-state index contributed by atoms with van der Waals surface area (Å²) in [6, 6.07) is 94.3. The van der Waals surface area contributed by atoms with Gasteiger partial charge in [0.15, 0.2) is 0 Å². The predicted octanol–water partition coefficient (Wildman–Crippen LogP) is 19.8. The SMILES string of the molecule is Cc1cc(C)c(N2c3cc4c(cc3B3c5cc6c(cc5N(c5c(C)cc(C)cc5C)c5cc(-c7cccc8c7oc7ccccc78)cc2c53)Oc2cc(-c3cccc5c3oc3ccccc35)cc3c2B6c2ccccc2O3)B2c3ccccc3Oc3cc(-c5cccc6c5oc5ccccc56)cc(c32)O4)c(C)c1. The number of furan rings is 3. The van der Waals surface area contributed by atoms with E-state index >= 15 is 0 Å². The van der Waals surface area contributed by atoms with E-state index in [9.17, 15) is 0 Å². The fourth-order valence-electron chi connectivity index (χ4n) is 19.8. The molecule has 0 fully saturated rings. The average Bonchev–Trinajstić information content (AvgIpc) is 0.869. The summed E-state index contributed by atoms with van der Waals surface area (Å²) < 4.78 is 50.4. The Bertz CT molecular complexity index is 6750. The predicted molar refractivity (Wildman–Crippen MR) is 442 cm³/mol. The molecule has 9 nitrogen and oxygen atoms in total. The molecule has 0 saturated carbocycles. The second kappa shape index (κ2) is 21.7. The Morgan fingerprint density at radius 2 is 0.565 bits per heavy atom. The van der Waals surface area contributed by atoms with Crippen LogP contribution in [0.4, 0.5) is 34.1 Å². The van der Waals surface area contributed by atoms with E-state index in [-0.39, 0.29) is 20.1 Å². The number of para-hydroxylation sites is 8. The summed E-state index contributed by atoms with van der Waals surface area (Å²) in [6.45, 7) is 12.6. The molecule has 0 radical (unpaired) electrons. The molecular formula is C96H61B3N2O7. The quantitative estimate of drug-likeness (QED) is 0.157. The Kier molecular flexibility index (Phi) is 12.0. The van der Waals surface area contributed by atoms with Gasteiger partial charge in [-0.15, -0.1) is 0 Å². The topological polar surface area (TPSA) is 82.8 Å². The highest BCUT2D eigenvalue weighted by Gasteiger charge is 2.50. The summed E-state index contributed by atoms with van der Waals surface area (Å²) >= 11 is 0. The molecule has 9 heterocycles. The maximum atomic E-state index is 7.71. The van der Waals surface area contributed by atoms with E-state index in [0.717, 1.165) is 245 Å². The number of ether oxygens (including phenoxy) is 4. The number of nitrogens with zero attached hydrogens (tertiary/aromatic N) is 2. The lowest BCUT2D eigenvalue weighted by atomic mass is 9.29. The zero-order chi connectivity index (χ0) is 71.4. The summed E-state index contributed by atoms with van der Waals surface area (Å²) in [5, 5.41) is 6.39. The molecule has 0 N–H and O–H groups in total. The minimum Gasteiger partial charge on any atom is -0.458 e. The molecule has 0 saturated heterocycles. The fourth-order valence-corrected chi connectivity index (χ4v) is 19.8. The van der Waals surface area contributed by atoms with Crippen molar-refractivity contribution in [1.29, 1.82) is 0 Å². The lowest BCUT2D eigenvalue weighted by molar-refractivity contribution is 0.464. The second-order valence-corrected chi connectivity index (χ2v) is 30.4. The maximum Gasteiger partial charge on any atom is 0.260 e. The summed E-state index contributed by atoms with van der Waals surface area (Å²) in [7, 11) is 0. The van der Waals surface area contributed by atoms with Gasteiger partial charge in [0.05, 0.1) is 11.4 Å². The Morgan fingerprint density at radius 3 is 0.954 bits per heavy atom. The molecule has 6 aliphatic heterocycles. The van der Waals surface area contributed by atoms with E-state index in [1.165, 1.54) is 16.6 Å². The number of hydrogen-bond acceptors (Lipinski definition) is 9. The van der Waals surface area contributed by atoms with Crippen LogP contribution in [0.25, 0.3) is 99.2 Å². The third-order valence-electron chi connectivity index (χ3n) is 23.9. The minimum atomic E-state index is -0.374. The number of hydrogen-bond donors (Lipinski definition) is 0. The van der Waals surface area contributed by atoms with Gasteiger partial charge in [-0.1, -0.05) is 193 Å². The van der Waals surface area contributed by atoms with Crippen molar-refractivity contribution in [2.24, 2.45) is 0 Å². The van der Waals surface area contributed by atoms with Crippen LogP contribution in [0.15, 0.2) is 274 Å². The molecule has 108 heavy (non-hydrogen) atoms. The van der Waals surface area contributed by atoms with E-state index in [1.54, 1.807) is 0 Å². The Morgan fingerprint density at radius 1 is 0.241 bits per heavy atom. The van der Waals surface area contributed by atoms with Gasteiger partial charge in [0, 0.05) is 94.8 Å². The van der Waals surface area contributed by atoms with Gasteiger partial charge in [0.1, 0.15) is 79.5 Å². The van der Waals surface area contributed by atoms with Gasteiger partial charge in [0.2, 0.25) is 0 Å². The molecule has 6 aliphatic rings. The molecule has 24 rings (SSSR count). The van der Waals surface area contributed by atoms with Crippen molar-refractivity contribution < 1.29 is 32.2 Å². The fraction of sp³-hybridized carbons (Fsp3) is 0.0625. The van der Waals surface area contributed by atoms with Gasteiger partial charge in [0.25, 0.3) is 20.1 Å². The number of fused-ring (bicyclic) bond motifs is 21. The lowest BCUT2D eigenvalue weighted by Gasteiger charge is -2.47. The number of anilines is 6. The van der Waals surface area contributed by atoms with Gasteiger partial charge in [-0.3, -0.25) is 0 Å². The van der Waals surface area contributed by atoms with Gasteiger partial charge >= 0.3 is 0 Å². The monoisotopic (exact) mass is 1390 g/mol. The zero-order valence-electron chi connectivity index (χ0n) is 59.8. The molecule has 12 heteroatoms. The Balaban J connectivity index is 0.800. The Labute approximate surface area is 622 Å². The van der Waals surface area contributed by atoms with E-state index in [1.807, 2.05) is 24.3 Å². The van der Waals surface area contributed by atoms with Crippen LogP contribution in [-0.2, 0) is 0 Å². The summed E-state index contributed by atoms with van der Waals surface area (Å²) in [6.07, 6.45) is 0. The summed E-state index contributed by atoms with van der Waals surface area (Å²) in [5.74, 6) is 6.13. The van der Waals surface area contributed by atoms with Crippen LogP contribution in [0.2, 0.25) is 0 Å². The molecular weight excluding hydrogens is 1330 g/mol. The van der Waals surface area contributed by atoms with Crippen LogP contribution in [0.3, 0.4) is 0 Å². The van der Waals surface area contributed by atoms with Crippen molar-refractivity contribution in [3.63, 3.8) is 0 Å². The van der Waals surface area contributed by atoms with Gasteiger partial charge < -0.3 is 42.0 Å². The van der Waals surface area contributed by atoms with Crippen LogP contribution in [0.1, 0.15) is 33.4 Å². The summed E-state index contributed by atoms with van der Waals surface area (Å²) in [5.41, 5.74) is 33.9. The van der Waals surface area contributed by atoms with Crippen molar-refractivity contribution in [3.05, 3.63) is 294 Å². The zero-order valence-corrected chi connectivity index (χ0v) is 59.8. The van der Waals surface area contributed by atoms with Crippen molar-refractivity contribution in [2.45, 2.75) is 41.5 Å². The van der Waals surface area contributed by atoms with E-state index in [4.69, 9.17) is 32.2 Å². The molecule has 506 valence electrons. The van der Waals surface area contributed by atoms with Gasteiger partial charge in [-0.05, 0) is 185 Å². The van der Waals surface area contributed by atoms with E-state index in [0.29, 0.717) is 0 Å². The molecule has 0 bridgehead atoms. The average molecular weight is 1390 g/mol. The van der Waals surface area contributed by atoms with Crippen LogP contribution in [-0.4, -0.2) is 20.1 Å². The van der Waals surface area contributed by atoms with Crippen LogP contribution >= 0.6 is 0 Å². The Hall–Kier alpha value is -13.3. The van der Waals surface area contributed by atoms with Gasteiger partial charge in [-0.2, -0.15) is 0 Å². The highest BCUT2D eigenvalue weighted by atomic mass is 16.5. The molecule has 3 aromatic heterocycles. The van der Waals surface area contributed by atoms with Crippen molar-refractivity contribution in [2.75, 3.05) is 9.80 Å². The first kappa shape index (κ1) is 60.0. The van der Waals surface area contributed by atoms with Crippen molar-refractivity contribution in [1.82, 2.24) is 0 Å². The van der Waals surface area contributed by atoms with Crippen LogP contribution in [0.5, 0.6) is 46.0 Å². The third kappa shape index (κ3) is 8.23. The lowest BCUT2D eigenvalue weighted by Crippen LogP contribution is -2.65. The van der Waals surface area contributed by atoms with Crippen LogP contribution < -0.4 is 77.9 Å². The molecule has 0 atom stereocenters. The first-order chi connectivity index (χ1) is 53.0. The number of benzene rings is 15. The van der Waals surface area contributed by atoms with Crippen molar-refractivity contribution >= 4 is 169 Å². The molecule has 0 spiro atoms. The van der Waals surface area contributed by atoms with E-state index in [2.05, 4.69) is 288 Å². The van der Waals surface area contributed by atoms with Crippen molar-refractivity contribution in [3.8, 4) is 79.4 Å². The minimum absolute atomic E-state index is 0.277. The number of aryl methyl sites for hydroxylation is 6. The highest BCUT2D eigenvalue weighted by Crippen LogP contribution is 2.53. The van der Waals surface area contributed by atoms with E-state index < -0.39 is 0 Å². The smallest absolute Gasteiger partial charge is 0.260 e. The number of rotatable bonds is 5. The molecule has 0 unspecified atom stereocenters. The summed E-state index contributed by atoms with van der Waals surface area (Å²) in [4.78, 5) is 5.16. The van der Waals surface area contributed by atoms with Gasteiger partial charge in [-0.25, -0.2) is 0 Å². The molecule has 0 amide bonds. The first-order valence-corrected chi connectivity index (χ1v) is 37.2. The van der Waals surface area contributed by atoms with Crippen LogP contribution in [0, 0.1) is 41.5 Å². The standard InChI is InChI=1S/C96H61B3N2O7/c1-50-36-52(3)92(53(4)37-50)100-74-48-83-72(97-68-29-10-15-34-81(68)102-85-42-57(44-87(104-83)90(85)97)60-24-18-27-66-63-21-8-13-32-79(63)107-95(60)66)46-70(74)99-71-47-73-84(105-88-45-58(43-86-91(88)98(73)69-30-11-16-35-82(69)103-86)61-25-19-28-67-64-22-9-14-33-80(64)108-96(61)67)49-75(71)101(93-54(5)38-51(2)39-55(93)6)77-41-56(40-76(100)89(77)99)59-23-17-26-65-62-20-7-12-31-78(62)106-94(59)65/h7-49H,1-6H3. The second-order valence-electron chi connectivity index (χ2n) is 30.4.